The molecule has 0 aliphatic rings. The van der Waals surface area contributed by atoms with Gasteiger partial charge in [-0.15, -0.1) is 0 Å². The summed E-state index contributed by atoms with van der Waals surface area (Å²) in [6.45, 7) is 8.55. The summed E-state index contributed by atoms with van der Waals surface area (Å²) in [7, 11) is 0. The standard InChI is InChI=1S/C55H39N3O2/c1-33-19-34(2)22-45(21-33)57(41-11-7-5-8-12-41)43-17-15-37-27-47-50(29-39(37)25-43)59-52-31-53-55(49(32-56)54(47)52)48-28-38-16-18-44(26-40(38)30-51(48)60-53)58(42-13-9-6-10-14-42)46-23-35(3)20-36(4)24-46/h5-31H,1-4H3. The van der Waals surface area contributed by atoms with E-state index in [1.54, 1.807) is 0 Å². The first-order chi connectivity index (χ1) is 29.3. The van der Waals surface area contributed by atoms with Crippen molar-refractivity contribution in [3.63, 3.8) is 0 Å². The second-order valence-electron chi connectivity index (χ2n) is 16.1. The van der Waals surface area contributed by atoms with Crippen molar-refractivity contribution in [3.05, 3.63) is 192 Å². The highest BCUT2D eigenvalue weighted by Gasteiger charge is 2.22. The van der Waals surface area contributed by atoms with Crippen LogP contribution in [0.4, 0.5) is 34.1 Å². The monoisotopic (exact) mass is 773 g/mol. The largest absolute Gasteiger partial charge is 0.456 e. The highest BCUT2D eigenvalue weighted by Crippen LogP contribution is 2.44. The van der Waals surface area contributed by atoms with Crippen molar-refractivity contribution < 1.29 is 8.83 Å². The molecule has 0 aliphatic carbocycles. The maximum atomic E-state index is 10.9. The summed E-state index contributed by atoms with van der Waals surface area (Å²) in [6, 6.07) is 60.4. The molecule has 0 amide bonds. The van der Waals surface area contributed by atoms with Crippen molar-refractivity contribution in [1.29, 1.82) is 5.26 Å². The number of furan rings is 2. The molecule has 9 aromatic carbocycles. The minimum Gasteiger partial charge on any atom is -0.456 e. The molecule has 2 aromatic heterocycles. The number of nitrogens with zero attached hydrogens (tertiary/aromatic N) is 3. The number of anilines is 6. The minimum atomic E-state index is 0.557. The lowest BCUT2D eigenvalue weighted by Crippen LogP contribution is -2.10. The lowest BCUT2D eigenvalue weighted by Gasteiger charge is -2.26. The van der Waals surface area contributed by atoms with Crippen LogP contribution in [0.3, 0.4) is 0 Å². The zero-order valence-corrected chi connectivity index (χ0v) is 33.7. The summed E-state index contributed by atoms with van der Waals surface area (Å²) in [5.74, 6) is 0. The Bertz CT molecular complexity index is 3290. The molecule has 0 unspecified atom stereocenters. The number of aryl methyl sites for hydroxylation is 4. The number of fused-ring (bicyclic) bond motifs is 8. The maximum absolute atomic E-state index is 10.9. The quantitative estimate of drug-likeness (QED) is 0.168. The smallest absolute Gasteiger partial charge is 0.140 e. The third kappa shape index (κ3) is 5.84. The van der Waals surface area contributed by atoms with Crippen LogP contribution in [-0.2, 0) is 0 Å². The molecule has 5 heteroatoms. The molecule has 0 N–H and O–H groups in total. The number of para-hydroxylation sites is 2. The molecule has 5 nitrogen and oxygen atoms in total. The first-order valence-corrected chi connectivity index (χ1v) is 20.3. The van der Waals surface area contributed by atoms with Crippen LogP contribution in [-0.4, -0.2) is 0 Å². The molecule has 2 heterocycles. The van der Waals surface area contributed by atoms with E-state index >= 15 is 0 Å². The van der Waals surface area contributed by atoms with Crippen LogP contribution < -0.4 is 9.80 Å². The second kappa shape index (κ2) is 13.7. The Morgan fingerprint density at radius 2 is 0.783 bits per heavy atom. The van der Waals surface area contributed by atoms with Gasteiger partial charge in [-0.2, -0.15) is 5.26 Å². The van der Waals surface area contributed by atoms with Crippen LogP contribution in [0.15, 0.2) is 173 Å². The van der Waals surface area contributed by atoms with E-state index in [2.05, 4.69) is 189 Å². The van der Waals surface area contributed by atoms with Gasteiger partial charge < -0.3 is 18.6 Å². The van der Waals surface area contributed by atoms with Gasteiger partial charge in [0, 0.05) is 61.7 Å². The highest BCUT2D eigenvalue weighted by molar-refractivity contribution is 6.22. The van der Waals surface area contributed by atoms with Gasteiger partial charge in [0.25, 0.3) is 0 Å². The molecule has 0 spiro atoms. The zero-order valence-electron chi connectivity index (χ0n) is 33.7. The van der Waals surface area contributed by atoms with Gasteiger partial charge in [0.15, 0.2) is 0 Å². The number of nitriles is 1. The molecule has 286 valence electrons. The Labute approximate surface area is 347 Å². The lowest BCUT2D eigenvalue weighted by molar-refractivity contribution is 0.656. The topological polar surface area (TPSA) is 56.6 Å². The Balaban J connectivity index is 1.04. The molecule has 0 atom stereocenters. The van der Waals surface area contributed by atoms with E-state index in [4.69, 9.17) is 8.83 Å². The van der Waals surface area contributed by atoms with Crippen LogP contribution in [0.2, 0.25) is 0 Å². The van der Waals surface area contributed by atoms with Crippen molar-refractivity contribution >= 4 is 99.5 Å². The van der Waals surface area contributed by atoms with Crippen molar-refractivity contribution in [2.24, 2.45) is 0 Å². The van der Waals surface area contributed by atoms with Crippen LogP contribution in [0, 0.1) is 39.0 Å². The Hall–Kier alpha value is -7.81. The fourth-order valence-electron chi connectivity index (χ4n) is 9.25. The van der Waals surface area contributed by atoms with Crippen molar-refractivity contribution in [2.45, 2.75) is 27.7 Å². The summed E-state index contributed by atoms with van der Waals surface area (Å²) < 4.78 is 13.2. The third-order valence-electron chi connectivity index (χ3n) is 11.7. The van der Waals surface area contributed by atoms with Gasteiger partial charge in [0.2, 0.25) is 0 Å². The molecule has 0 saturated heterocycles. The molecule has 0 saturated carbocycles. The summed E-state index contributed by atoms with van der Waals surface area (Å²) in [4.78, 5) is 4.59. The van der Waals surface area contributed by atoms with Crippen LogP contribution in [0.5, 0.6) is 0 Å². The predicted molar refractivity (Wildman–Crippen MR) is 249 cm³/mol. The molecule has 11 rings (SSSR count). The first-order valence-electron chi connectivity index (χ1n) is 20.3. The molecule has 0 radical (unpaired) electrons. The van der Waals surface area contributed by atoms with E-state index in [0.29, 0.717) is 16.7 Å². The van der Waals surface area contributed by atoms with E-state index in [-0.39, 0.29) is 0 Å². The van der Waals surface area contributed by atoms with Crippen LogP contribution in [0.25, 0.3) is 65.4 Å². The van der Waals surface area contributed by atoms with Crippen molar-refractivity contribution in [2.75, 3.05) is 9.80 Å². The fourth-order valence-corrected chi connectivity index (χ4v) is 9.25. The molecule has 0 aliphatic heterocycles. The Kier molecular flexibility index (Phi) is 8.05. The summed E-state index contributed by atoms with van der Waals surface area (Å²) >= 11 is 0. The van der Waals surface area contributed by atoms with Gasteiger partial charge in [-0.1, -0.05) is 60.7 Å². The van der Waals surface area contributed by atoms with Crippen molar-refractivity contribution in [1.82, 2.24) is 0 Å². The SMILES string of the molecule is Cc1cc(C)cc(N(c2ccccc2)c2ccc3cc4c(cc3c2)oc2cc3oc5cc6cc(N(c7ccccc7)c7cc(C)cc(C)c7)ccc6cc5c3c(C#N)c24)c1. The summed E-state index contributed by atoms with van der Waals surface area (Å²) in [6.07, 6.45) is 0. The van der Waals surface area contributed by atoms with Gasteiger partial charge in [-0.05, 0) is 169 Å². The van der Waals surface area contributed by atoms with Gasteiger partial charge in [0.05, 0.1) is 5.56 Å². The zero-order chi connectivity index (χ0) is 40.6. The van der Waals surface area contributed by atoms with Gasteiger partial charge in [0.1, 0.15) is 28.4 Å². The maximum Gasteiger partial charge on any atom is 0.140 e. The second-order valence-corrected chi connectivity index (χ2v) is 16.1. The van der Waals surface area contributed by atoms with E-state index in [1.807, 2.05) is 18.2 Å². The van der Waals surface area contributed by atoms with E-state index < -0.39 is 0 Å². The van der Waals surface area contributed by atoms with Gasteiger partial charge >= 0.3 is 0 Å². The Morgan fingerprint density at radius 1 is 0.367 bits per heavy atom. The average Bonchev–Trinajstić information content (AvgIpc) is 3.77. The number of rotatable bonds is 6. The summed E-state index contributed by atoms with van der Waals surface area (Å²) in [5, 5.41) is 18.5. The van der Waals surface area contributed by atoms with Crippen LogP contribution in [0.1, 0.15) is 27.8 Å². The minimum absolute atomic E-state index is 0.557. The highest BCUT2D eigenvalue weighted by atomic mass is 16.3. The predicted octanol–water partition coefficient (Wildman–Crippen LogP) is 15.8. The molecule has 60 heavy (non-hydrogen) atoms. The molecular weight excluding hydrogens is 735 g/mol. The third-order valence-corrected chi connectivity index (χ3v) is 11.7. The molecule has 0 fully saturated rings. The van der Waals surface area contributed by atoms with Gasteiger partial charge in [-0.3, -0.25) is 0 Å². The van der Waals surface area contributed by atoms with Gasteiger partial charge in [-0.25, -0.2) is 0 Å². The number of hydrogen-bond donors (Lipinski definition) is 0. The molecular formula is C55H39N3O2. The first kappa shape index (κ1) is 35.4. The summed E-state index contributed by atoms with van der Waals surface area (Å²) in [5.41, 5.74) is 14.6. The van der Waals surface area contributed by atoms with E-state index in [0.717, 1.165) is 88.4 Å². The van der Waals surface area contributed by atoms with E-state index in [1.165, 1.54) is 22.3 Å². The number of benzene rings is 9. The van der Waals surface area contributed by atoms with E-state index in [9.17, 15) is 5.26 Å². The lowest BCUT2D eigenvalue weighted by atomic mass is 9.98. The Morgan fingerprint density at radius 3 is 1.18 bits per heavy atom. The number of hydrogen-bond acceptors (Lipinski definition) is 5. The fraction of sp³-hybridized carbons (Fsp3) is 0.0727. The molecule has 0 bridgehead atoms. The molecule has 11 aromatic rings. The normalized spacial score (nSPS) is 11.7. The average molecular weight is 774 g/mol. The van der Waals surface area contributed by atoms with Crippen molar-refractivity contribution in [3.8, 4) is 6.07 Å². The van der Waals surface area contributed by atoms with Crippen LogP contribution >= 0.6 is 0 Å².